The molecule has 9 N–H and O–H groups in total. The van der Waals surface area contributed by atoms with E-state index in [1.807, 2.05) is 6.08 Å². The Morgan fingerprint density at radius 3 is 1.08 bits per heavy atom. The molecule has 14 heteroatoms. The molecule has 0 spiro atoms. The van der Waals surface area contributed by atoms with Crippen molar-refractivity contribution in [3.05, 3.63) is 24.3 Å². The van der Waals surface area contributed by atoms with Crippen LogP contribution >= 0.6 is 0 Å². The van der Waals surface area contributed by atoms with Gasteiger partial charge >= 0.3 is 0 Å². The van der Waals surface area contributed by atoms with Gasteiger partial charge in [0.25, 0.3) is 0 Å². The summed E-state index contributed by atoms with van der Waals surface area (Å²) < 4.78 is 22.9. The van der Waals surface area contributed by atoms with Crippen LogP contribution in [0.5, 0.6) is 0 Å². The first-order valence-corrected chi connectivity index (χ1v) is 37.6. The minimum absolute atomic E-state index is 0.232. The number of hydrogen-bond donors (Lipinski definition) is 9. The van der Waals surface area contributed by atoms with Crippen LogP contribution in [0.1, 0.15) is 348 Å². The largest absolute Gasteiger partial charge is 0.394 e. The van der Waals surface area contributed by atoms with Gasteiger partial charge in [-0.05, 0) is 44.9 Å². The van der Waals surface area contributed by atoms with Crippen LogP contribution in [0.2, 0.25) is 0 Å². The molecule has 12 unspecified atom stereocenters. The molecule has 2 aliphatic rings. The van der Waals surface area contributed by atoms with Crippen molar-refractivity contribution in [2.75, 3.05) is 19.8 Å². The molecule has 1 amide bonds. The quantitative estimate of drug-likeness (QED) is 0.0204. The van der Waals surface area contributed by atoms with Gasteiger partial charge in [0.1, 0.15) is 48.8 Å². The summed E-state index contributed by atoms with van der Waals surface area (Å²) in [6.07, 6.45) is 58.3. The fourth-order valence-corrected chi connectivity index (χ4v) is 12.6. The summed E-state index contributed by atoms with van der Waals surface area (Å²) in [4.78, 5) is 13.3. The smallest absolute Gasteiger partial charge is 0.220 e. The Morgan fingerprint density at radius 1 is 0.398 bits per heavy atom. The lowest BCUT2D eigenvalue weighted by Gasteiger charge is -2.46. The zero-order valence-corrected chi connectivity index (χ0v) is 56.7. The van der Waals surface area contributed by atoms with Crippen LogP contribution in [0.25, 0.3) is 0 Å². The zero-order chi connectivity index (χ0) is 63.8. The van der Waals surface area contributed by atoms with Crippen molar-refractivity contribution in [3.63, 3.8) is 0 Å². The number of amides is 1. The SMILES string of the molecule is CCCCCCCCCC/C=C\CCCCCCCCCCCCCCCCCCCCCCCCCCCC(=O)NC(COC1OC(CO)C(OC2OC(CO)C(O)C(O)C2O)C(O)C1O)C(O)/C=C/CCCCCCCCCCCCCCCCC. The van der Waals surface area contributed by atoms with Gasteiger partial charge in [-0.1, -0.05) is 321 Å². The van der Waals surface area contributed by atoms with Gasteiger partial charge < -0.3 is 65.1 Å². The van der Waals surface area contributed by atoms with E-state index in [0.717, 1.165) is 38.5 Å². The molecule has 0 aliphatic carbocycles. The predicted molar refractivity (Wildman–Crippen MR) is 360 cm³/mol. The normalized spacial score (nSPS) is 23.2. The van der Waals surface area contributed by atoms with E-state index in [0.29, 0.717) is 6.42 Å². The fraction of sp³-hybridized carbons (Fsp3) is 0.932. The summed E-state index contributed by atoms with van der Waals surface area (Å²) in [5, 5.41) is 87.4. The Morgan fingerprint density at radius 2 is 0.716 bits per heavy atom. The van der Waals surface area contributed by atoms with Crippen LogP contribution in [0.4, 0.5) is 0 Å². The minimum atomic E-state index is -1.79. The fourth-order valence-electron chi connectivity index (χ4n) is 12.6. The lowest BCUT2D eigenvalue weighted by molar-refractivity contribution is -0.359. The molecule has 0 bridgehead atoms. The van der Waals surface area contributed by atoms with Crippen molar-refractivity contribution in [2.24, 2.45) is 0 Å². The van der Waals surface area contributed by atoms with Crippen molar-refractivity contribution in [2.45, 2.75) is 421 Å². The van der Waals surface area contributed by atoms with E-state index in [9.17, 15) is 45.6 Å². The predicted octanol–water partition coefficient (Wildman–Crippen LogP) is 15.9. The van der Waals surface area contributed by atoms with Crippen LogP contribution in [0, 0.1) is 0 Å². The molecule has 0 aromatic rings. The van der Waals surface area contributed by atoms with Crippen LogP contribution in [-0.4, -0.2) is 140 Å². The number of nitrogens with one attached hydrogen (secondary N) is 1. The second-order valence-corrected chi connectivity index (χ2v) is 26.8. The van der Waals surface area contributed by atoms with E-state index in [4.69, 9.17) is 18.9 Å². The maximum atomic E-state index is 13.3. The molecule has 12 atom stereocenters. The monoisotopic (exact) mass is 1250 g/mol. The lowest BCUT2D eigenvalue weighted by Crippen LogP contribution is -2.65. The maximum Gasteiger partial charge on any atom is 0.220 e. The van der Waals surface area contributed by atoms with Gasteiger partial charge in [-0.25, -0.2) is 0 Å². The molecule has 2 rings (SSSR count). The molecular weight excluding hydrogens is 1110 g/mol. The minimum Gasteiger partial charge on any atom is -0.394 e. The average molecular weight is 1250 g/mol. The Bertz CT molecular complexity index is 1570. The highest BCUT2D eigenvalue weighted by Crippen LogP contribution is 2.30. The number of carbonyl (C=O) groups is 1. The van der Waals surface area contributed by atoms with Gasteiger partial charge in [-0.3, -0.25) is 4.79 Å². The highest BCUT2D eigenvalue weighted by Gasteiger charge is 2.51. The van der Waals surface area contributed by atoms with Gasteiger partial charge in [0.2, 0.25) is 5.91 Å². The number of rotatable bonds is 63. The van der Waals surface area contributed by atoms with Crippen LogP contribution in [0.15, 0.2) is 24.3 Å². The first-order chi connectivity index (χ1) is 43.1. The van der Waals surface area contributed by atoms with Crippen molar-refractivity contribution in [1.82, 2.24) is 5.32 Å². The Balaban J connectivity index is 1.58. The second-order valence-electron chi connectivity index (χ2n) is 26.8. The molecule has 2 heterocycles. The maximum absolute atomic E-state index is 13.3. The number of aliphatic hydroxyl groups is 8. The molecule has 14 nitrogen and oxygen atoms in total. The third-order valence-corrected chi connectivity index (χ3v) is 18.6. The highest BCUT2D eigenvalue weighted by molar-refractivity contribution is 5.76. The van der Waals surface area contributed by atoms with Gasteiger partial charge in [0, 0.05) is 6.42 Å². The van der Waals surface area contributed by atoms with Crippen molar-refractivity contribution in [3.8, 4) is 0 Å². The molecule has 2 fully saturated rings. The topological polar surface area (TPSA) is 228 Å². The Labute approximate surface area is 539 Å². The highest BCUT2D eigenvalue weighted by atomic mass is 16.7. The van der Waals surface area contributed by atoms with E-state index in [2.05, 4.69) is 31.3 Å². The summed E-state index contributed by atoms with van der Waals surface area (Å²) in [7, 11) is 0. The van der Waals surface area contributed by atoms with E-state index in [1.165, 1.54) is 283 Å². The molecule has 88 heavy (non-hydrogen) atoms. The third kappa shape index (κ3) is 42.6. The third-order valence-electron chi connectivity index (χ3n) is 18.6. The molecule has 0 aromatic carbocycles. The summed E-state index contributed by atoms with van der Waals surface area (Å²) >= 11 is 0. The standard InChI is InChI=1S/C74H141NO13/c1-3-5-7-9-11-13-15-17-19-21-22-23-24-25-26-27-28-29-30-31-32-33-34-35-36-37-38-39-40-42-44-46-48-50-52-54-56-58-66(79)75-62(63(78)57-55-53-51-49-47-45-43-41-20-18-16-14-12-10-8-6-4-2)61-85-73-71(84)69(82)72(65(60-77)87-73)88-74-70(83)68(81)67(80)64(59-76)86-74/h21-22,55,57,62-65,67-74,76-78,80-84H,3-20,23-54,56,58-61H2,1-2H3,(H,75,79)/b22-21-,57-55+. The van der Waals surface area contributed by atoms with Gasteiger partial charge in [-0.15, -0.1) is 0 Å². The van der Waals surface area contributed by atoms with Gasteiger partial charge in [0.15, 0.2) is 12.6 Å². The van der Waals surface area contributed by atoms with Crippen LogP contribution in [0.3, 0.4) is 0 Å². The summed E-state index contributed by atoms with van der Waals surface area (Å²) in [5.74, 6) is -0.232. The lowest BCUT2D eigenvalue weighted by atomic mass is 9.97. The molecule has 2 saturated heterocycles. The number of allylic oxidation sites excluding steroid dienone is 3. The number of ether oxygens (including phenoxy) is 4. The molecule has 520 valence electrons. The van der Waals surface area contributed by atoms with E-state index in [-0.39, 0.29) is 18.9 Å². The van der Waals surface area contributed by atoms with E-state index < -0.39 is 86.8 Å². The first-order valence-electron chi connectivity index (χ1n) is 37.6. The summed E-state index contributed by atoms with van der Waals surface area (Å²) in [5.41, 5.74) is 0. The summed E-state index contributed by atoms with van der Waals surface area (Å²) in [6.45, 7) is 2.85. The van der Waals surface area contributed by atoms with Crippen molar-refractivity contribution in [1.29, 1.82) is 0 Å². The molecule has 2 aliphatic heterocycles. The summed E-state index contributed by atoms with van der Waals surface area (Å²) in [6, 6.07) is -0.912. The van der Waals surface area contributed by atoms with E-state index >= 15 is 0 Å². The number of hydrogen-bond acceptors (Lipinski definition) is 13. The van der Waals surface area contributed by atoms with Crippen LogP contribution in [-0.2, 0) is 23.7 Å². The number of aliphatic hydroxyl groups excluding tert-OH is 8. The van der Waals surface area contributed by atoms with Crippen molar-refractivity contribution >= 4 is 5.91 Å². The van der Waals surface area contributed by atoms with Gasteiger partial charge in [-0.2, -0.15) is 0 Å². The average Bonchev–Trinajstić information content (AvgIpc) is 2.07. The van der Waals surface area contributed by atoms with Gasteiger partial charge in [0.05, 0.1) is 32.0 Å². The van der Waals surface area contributed by atoms with Crippen LogP contribution < -0.4 is 5.32 Å². The first kappa shape index (κ1) is 82.6. The number of carbonyl (C=O) groups excluding carboxylic acids is 1. The Kier molecular flexibility index (Phi) is 55.6. The Hall–Kier alpha value is -1.53. The molecular formula is C74H141NO13. The molecule has 0 saturated carbocycles. The molecule has 0 radical (unpaired) electrons. The molecule has 0 aromatic heterocycles. The second kappa shape index (κ2) is 59.2. The van der Waals surface area contributed by atoms with E-state index in [1.54, 1.807) is 6.08 Å². The number of unbranched alkanes of at least 4 members (excludes halogenated alkanes) is 48. The van der Waals surface area contributed by atoms with Crippen molar-refractivity contribution < 1.29 is 64.6 Å². The zero-order valence-electron chi connectivity index (χ0n) is 56.7.